The Bertz CT molecular complexity index is 763. The van der Waals surface area contributed by atoms with E-state index < -0.39 is 0 Å². The molecule has 1 N–H and O–H groups in total. The first-order chi connectivity index (χ1) is 11.3. The predicted octanol–water partition coefficient (Wildman–Crippen LogP) is 1.76. The maximum absolute atomic E-state index is 12.2. The smallest absolute Gasteiger partial charge is 0.254 e. The van der Waals surface area contributed by atoms with Gasteiger partial charge >= 0.3 is 0 Å². The zero-order valence-corrected chi connectivity index (χ0v) is 13.2. The van der Waals surface area contributed by atoms with Gasteiger partial charge in [-0.1, -0.05) is 18.2 Å². The van der Waals surface area contributed by atoms with Crippen molar-refractivity contribution in [3.8, 4) is 11.4 Å². The van der Waals surface area contributed by atoms with Gasteiger partial charge in [-0.2, -0.15) is 0 Å². The molecule has 1 aliphatic carbocycles. The minimum absolute atomic E-state index is 0.0288. The molecule has 0 saturated carbocycles. The molecule has 0 amide bonds. The molecule has 1 aromatic heterocycles. The van der Waals surface area contributed by atoms with Crippen LogP contribution in [0.4, 0.5) is 0 Å². The van der Waals surface area contributed by atoms with E-state index in [0.29, 0.717) is 5.82 Å². The van der Waals surface area contributed by atoms with Gasteiger partial charge in [-0.15, -0.1) is 0 Å². The van der Waals surface area contributed by atoms with Gasteiger partial charge in [-0.05, 0) is 30.9 Å². The van der Waals surface area contributed by atoms with Gasteiger partial charge in [-0.25, -0.2) is 4.98 Å². The Labute approximate surface area is 135 Å². The zero-order valence-electron chi connectivity index (χ0n) is 13.2. The number of nitrogens with one attached hydrogen (secondary N) is 1. The SMILES string of the molecule is O=c1[nH]c(-c2cccc(CN3CCOCC3)c2)nc2c1CCC2. The molecule has 0 bridgehead atoms. The van der Waals surface area contributed by atoms with Crippen LogP contribution in [0.3, 0.4) is 0 Å². The highest BCUT2D eigenvalue weighted by Crippen LogP contribution is 2.21. The second-order valence-corrected chi connectivity index (χ2v) is 6.28. The van der Waals surface area contributed by atoms with Crippen LogP contribution < -0.4 is 5.56 Å². The second-order valence-electron chi connectivity index (χ2n) is 6.28. The molecule has 2 aromatic rings. The summed E-state index contributed by atoms with van der Waals surface area (Å²) in [5, 5.41) is 0. The van der Waals surface area contributed by atoms with Crippen LogP contribution in [0.1, 0.15) is 23.2 Å². The molecule has 2 aliphatic rings. The van der Waals surface area contributed by atoms with Crippen LogP contribution in [0.5, 0.6) is 0 Å². The largest absolute Gasteiger partial charge is 0.379 e. The third kappa shape index (κ3) is 3.07. The van der Waals surface area contributed by atoms with E-state index in [2.05, 4.69) is 27.0 Å². The van der Waals surface area contributed by atoms with Crippen LogP contribution in [0.2, 0.25) is 0 Å². The van der Waals surface area contributed by atoms with Crippen molar-refractivity contribution in [3.63, 3.8) is 0 Å². The lowest BCUT2D eigenvalue weighted by Crippen LogP contribution is -2.35. The lowest BCUT2D eigenvalue weighted by molar-refractivity contribution is 0.0342. The van der Waals surface area contributed by atoms with Crippen molar-refractivity contribution in [1.29, 1.82) is 0 Å². The summed E-state index contributed by atoms with van der Waals surface area (Å²) < 4.78 is 5.39. The predicted molar refractivity (Wildman–Crippen MR) is 88.4 cm³/mol. The fourth-order valence-corrected chi connectivity index (χ4v) is 3.41. The maximum atomic E-state index is 12.2. The number of aromatic amines is 1. The number of ether oxygens (including phenoxy) is 1. The molecule has 2 heterocycles. The van der Waals surface area contributed by atoms with Crippen molar-refractivity contribution in [2.24, 2.45) is 0 Å². The van der Waals surface area contributed by atoms with Gasteiger partial charge in [0.25, 0.3) is 5.56 Å². The van der Waals surface area contributed by atoms with E-state index in [1.165, 1.54) is 5.56 Å². The molecule has 5 nitrogen and oxygen atoms in total. The summed E-state index contributed by atoms with van der Waals surface area (Å²) >= 11 is 0. The average Bonchev–Trinajstić information content (AvgIpc) is 3.05. The molecule has 4 rings (SSSR count). The van der Waals surface area contributed by atoms with E-state index in [1.807, 2.05) is 12.1 Å². The van der Waals surface area contributed by atoms with Crippen molar-refractivity contribution in [1.82, 2.24) is 14.9 Å². The average molecular weight is 311 g/mol. The Morgan fingerprint density at radius 3 is 2.96 bits per heavy atom. The number of nitrogens with zero attached hydrogens (tertiary/aromatic N) is 2. The van der Waals surface area contributed by atoms with Crippen molar-refractivity contribution in [3.05, 3.63) is 51.4 Å². The Morgan fingerprint density at radius 2 is 2.09 bits per heavy atom. The van der Waals surface area contributed by atoms with Crippen molar-refractivity contribution >= 4 is 0 Å². The Kier molecular flexibility index (Phi) is 3.97. The zero-order chi connectivity index (χ0) is 15.6. The molecule has 120 valence electrons. The standard InChI is InChI=1S/C18H21N3O2/c22-18-15-5-2-6-16(15)19-17(20-18)14-4-1-3-13(11-14)12-21-7-9-23-10-8-21/h1,3-4,11H,2,5-10,12H2,(H,19,20,22). The van der Waals surface area contributed by atoms with Crippen molar-refractivity contribution < 1.29 is 4.74 Å². The first-order valence-corrected chi connectivity index (χ1v) is 8.31. The Hall–Kier alpha value is -1.98. The summed E-state index contributed by atoms with van der Waals surface area (Å²) in [6.45, 7) is 4.46. The topological polar surface area (TPSA) is 58.2 Å². The highest BCUT2D eigenvalue weighted by molar-refractivity contribution is 5.56. The van der Waals surface area contributed by atoms with Gasteiger partial charge in [0.15, 0.2) is 0 Å². The molecular formula is C18H21N3O2. The van der Waals surface area contributed by atoms with E-state index in [1.54, 1.807) is 0 Å². The molecule has 23 heavy (non-hydrogen) atoms. The number of morpholine rings is 1. The highest BCUT2D eigenvalue weighted by Gasteiger charge is 2.18. The van der Waals surface area contributed by atoms with Crippen molar-refractivity contribution in [2.75, 3.05) is 26.3 Å². The first kappa shape index (κ1) is 14.6. The van der Waals surface area contributed by atoms with Gasteiger partial charge in [-0.3, -0.25) is 9.69 Å². The fourth-order valence-electron chi connectivity index (χ4n) is 3.41. The monoisotopic (exact) mass is 311 g/mol. The minimum Gasteiger partial charge on any atom is -0.379 e. The second kappa shape index (κ2) is 6.26. The number of rotatable bonds is 3. The van der Waals surface area contributed by atoms with E-state index in [-0.39, 0.29) is 5.56 Å². The summed E-state index contributed by atoms with van der Waals surface area (Å²) in [6, 6.07) is 8.32. The molecule has 5 heteroatoms. The van der Waals surface area contributed by atoms with Crippen LogP contribution in [0.25, 0.3) is 11.4 Å². The third-order valence-corrected chi connectivity index (χ3v) is 4.65. The van der Waals surface area contributed by atoms with E-state index in [4.69, 9.17) is 4.74 Å². The summed E-state index contributed by atoms with van der Waals surface area (Å²) in [5.41, 5.74) is 4.11. The van der Waals surface area contributed by atoms with Gasteiger partial charge < -0.3 is 9.72 Å². The summed E-state index contributed by atoms with van der Waals surface area (Å²) in [7, 11) is 0. The quantitative estimate of drug-likeness (QED) is 0.938. The minimum atomic E-state index is 0.0288. The number of aryl methyl sites for hydroxylation is 1. The molecular weight excluding hydrogens is 290 g/mol. The van der Waals surface area contributed by atoms with Gasteiger partial charge in [0.1, 0.15) is 5.82 Å². The summed E-state index contributed by atoms with van der Waals surface area (Å²) in [5.74, 6) is 0.694. The van der Waals surface area contributed by atoms with Gasteiger partial charge in [0.05, 0.1) is 18.9 Å². The van der Waals surface area contributed by atoms with Crippen LogP contribution >= 0.6 is 0 Å². The van der Waals surface area contributed by atoms with Crippen LogP contribution in [-0.4, -0.2) is 41.2 Å². The number of H-pyrrole nitrogens is 1. The number of hydrogen-bond acceptors (Lipinski definition) is 4. The highest BCUT2D eigenvalue weighted by atomic mass is 16.5. The number of benzene rings is 1. The fraction of sp³-hybridized carbons (Fsp3) is 0.444. The lowest BCUT2D eigenvalue weighted by atomic mass is 10.1. The van der Waals surface area contributed by atoms with E-state index >= 15 is 0 Å². The Morgan fingerprint density at radius 1 is 1.22 bits per heavy atom. The number of hydrogen-bond donors (Lipinski definition) is 1. The number of aromatic nitrogens is 2. The normalized spacial score (nSPS) is 18.1. The van der Waals surface area contributed by atoms with E-state index in [9.17, 15) is 4.79 Å². The van der Waals surface area contributed by atoms with Crippen LogP contribution in [0.15, 0.2) is 29.1 Å². The molecule has 1 aromatic carbocycles. The first-order valence-electron chi connectivity index (χ1n) is 8.31. The van der Waals surface area contributed by atoms with Gasteiger partial charge in [0.2, 0.25) is 0 Å². The summed E-state index contributed by atoms with van der Waals surface area (Å²) in [4.78, 5) is 22.2. The Balaban J connectivity index is 1.61. The molecule has 0 atom stereocenters. The molecule has 0 spiro atoms. The molecule has 1 fully saturated rings. The van der Waals surface area contributed by atoms with Crippen LogP contribution in [-0.2, 0) is 24.1 Å². The van der Waals surface area contributed by atoms with E-state index in [0.717, 1.165) is 68.9 Å². The third-order valence-electron chi connectivity index (χ3n) is 4.65. The van der Waals surface area contributed by atoms with Crippen molar-refractivity contribution in [2.45, 2.75) is 25.8 Å². The summed E-state index contributed by atoms with van der Waals surface area (Å²) in [6.07, 6.45) is 2.81. The maximum Gasteiger partial charge on any atom is 0.254 e. The molecule has 1 saturated heterocycles. The van der Waals surface area contributed by atoms with Crippen LogP contribution in [0, 0.1) is 0 Å². The van der Waals surface area contributed by atoms with Gasteiger partial charge in [0, 0.05) is 30.8 Å². The molecule has 1 aliphatic heterocycles. The lowest BCUT2D eigenvalue weighted by Gasteiger charge is -2.26. The number of fused-ring (bicyclic) bond motifs is 1. The molecule has 0 radical (unpaired) electrons. The molecule has 0 unspecified atom stereocenters.